The molecule has 0 atom stereocenters. The van der Waals surface area contributed by atoms with Crippen LogP contribution in [0.15, 0.2) is 23.3 Å². The zero-order valence-corrected chi connectivity index (χ0v) is 7.10. The quantitative estimate of drug-likeness (QED) is 0.576. The van der Waals surface area contributed by atoms with Crippen LogP contribution >= 0.6 is 0 Å². The number of amides is 1. The molecule has 2 aliphatic rings. The van der Waals surface area contributed by atoms with E-state index in [4.69, 9.17) is 0 Å². The Morgan fingerprint density at radius 3 is 3.17 bits per heavy atom. The summed E-state index contributed by atoms with van der Waals surface area (Å²) in [7, 11) is 0. The topological polar surface area (TPSA) is 29.1 Å². The molecule has 0 fully saturated rings. The van der Waals surface area contributed by atoms with E-state index in [0.717, 1.165) is 25.8 Å². The van der Waals surface area contributed by atoms with Crippen molar-refractivity contribution >= 4 is 5.91 Å². The Morgan fingerprint density at radius 1 is 1.33 bits per heavy atom. The molecule has 0 saturated carbocycles. The normalized spacial score (nSPS) is 23.2. The van der Waals surface area contributed by atoms with E-state index in [-0.39, 0.29) is 5.91 Å². The van der Waals surface area contributed by atoms with Gasteiger partial charge in [-0.2, -0.15) is 0 Å². The smallest absolute Gasteiger partial charge is 0.224 e. The Balaban J connectivity index is 2.23. The van der Waals surface area contributed by atoms with Crippen LogP contribution in [0.25, 0.3) is 0 Å². The van der Waals surface area contributed by atoms with Crippen LogP contribution in [0.2, 0.25) is 0 Å². The molecular weight excluding hydrogens is 150 g/mol. The lowest BCUT2D eigenvalue weighted by atomic mass is 9.94. The van der Waals surface area contributed by atoms with Crippen LogP contribution in [-0.4, -0.2) is 12.5 Å². The minimum atomic E-state index is 0.173. The third-order valence-electron chi connectivity index (χ3n) is 2.49. The third kappa shape index (κ3) is 1.42. The van der Waals surface area contributed by atoms with Gasteiger partial charge in [-0.05, 0) is 24.8 Å². The van der Waals surface area contributed by atoms with E-state index in [1.54, 1.807) is 0 Å². The molecular formula is C10H13NO. The molecule has 0 radical (unpaired) electrons. The zero-order valence-electron chi connectivity index (χ0n) is 7.10. The highest BCUT2D eigenvalue weighted by Gasteiger charge is 2.15. The Labute approximate surface area is 72.3 Å². The summed E-state index contributed by atoms with van der Waals surface area (Å²) in [5.41, 5.74) is 2.74. The average Bonchev–Trinajstić information content (AvgIpc) is 2.25. The van der Waals surface area contributed by atoms with E-state index >= 15 is 0 Å². The van der Waals surface area contributed by atoms with Gasteiger partial charge in [-0.15, -0.1) is 0 Å². The second-order valence-electron chi connectivity index (χ2n) is 3.35. The summed E-state index contributed by atoms with van der Waals surface area (Å²) >= 11 is 0. The largest absolute Gasteiger partial charge is 0.355 e. The predicted octanol–water partition coefficient (Wildman–Crippen LogP) is 1.54. The van der Waals surface area contributed by atoms with Gasteiger partial charge in [0.05, 0.1) is 6.42 Å². The summed E-state index contributed by atoms with van der Waals surface area (Å²) in [6.07, 6.45) is 8.21. The van der Waals surface area contributed by atoms with Crippen LogP contribution in [0.3, 0.4) is 0 Å². The first kappa shape index (κ1) is 7.59. The predicted molar refractivity (Wildman–Crippen MR) is 47.6 cm³/mol. The van der Waals surface area contributed by atoms with Gasteiger partial charge in [-0.1, -0.05) is 17.7 Å². The molecule has 1 heterocycles. The van der Waals surface area contributed by atoms with Gasteiger partial charge >= 0.3 is 0 Å². The molecule has 0 unspecified atom stereocenters. The fraction of sp³-hybridized carbons (Fsp3) is 0.500. The molecule has 0 spiro atoms. The van der Waals surface area contributed by atoms with Crippen molar-refractivity contribution in [3.8, 4) is 0 Å². The molecule has 64 valence electrons. The number of allylic oxidation sites excluding steroid dienone is 2. The summed E-state index contributed by atoms with van der Waals surface area (Å²) in [4.78, 5) is 11.2. The van der Waals surface area contributed by atoms with Crippen LogP contribution < -0.4 is 5.32 Å². The minimum absolute atomic E-state index is 0.173. The number of carbonyl (C=O) groups excluding carboxylic acids is 1. The molecule has 0 bridgehead atoms. The third-order valence-corrected chi connectivity index (χ3v) is 2.49. The van der Waals surface area contributed by atoms with Crippen molar-refractivity contribution < 1.29 is 4.79 Å². The van der Waals surface area contributed by atoms with Gasteiger partial charge in [-0.3, -0.25) is 4.79 Å². The number of hydrogen-bond acceptors (Lipinski definition) is 1. The van der Waals surface area contributed by atoms with Gasteiger partial charge in [0.2, 0.25) is 5.91 Å². The highest BCUT2D eigenvalue weighted by atomic mass is 16.1. The summed E-state index contributed by atoms with van der Waals surface area (Å²) in [6.45, 7) is 0.825. The monoisotopic (exact) mass is 163 g/mol. The molecule has 0 aromatic rings. The van der Waals surface area contributed by atoms with Gasteiger partial charge in [0.1, 0.15) is 0 Å². The number of rotatable bonds is 0. The SMILES string of the molecule is O=C1CC2=C(CCC=C2)CCN1. The molecule has 2 rings (SSSR count). The van der Waals surface area contributed by atoms with Crippen molar-refractivity contribution in [1.29, 1.82) is 0 Å². The van der Waals surface area contributed by atoms with Crippen LogP contribution in [0.5, 0.6) is 0 Å². The number of nitrogens with one attached hydrogen (secondary N) is 1. The first-order chi connectivity index (χ1) is 5.86. The lowest BCUT2D eigenvalue weighted by molar-refractivity contribution is -0.120. The summed E-state index contributed by atoms with van der Waals surface area (Å²) in [5, 5.41) is 2.89. The van der Waals surface area contributed by atoms with E-state index in [0.29, 0.717) is 6.42 Å². The zero-order chi connectivity index (χ0) is 8.39. The molecule has 2 heteroatoms. The lowest BCUT2D eigenvalue weighted by Crippen LogP contribution is -2.22. The lowest BCUT2D eigenvalue weighted by Gasteiger charge is -2.11. The molecule has 1 aliphatic carbocycles. The van der Waals surface area contributed by atoms with Crippen molar-refractivity contribution in [1.82, 2.24) is 5.32 Å². The number of hydrogen-bond donors (Lipinski definition) is 1. The van der Waals surface area contributed by atoms with Crippen LogP contribution in [-0.2, 0) is 4.79 Å². The molecule has 0 aromatic heterocycles. The maximum absolute atomic E-state index is 11.2. The van der Waals surface area contributed by atoms with Crippen molar-refractivity contribution in [2.75, 3.05) is 6.54 Å². The molecule has 0 saturated heterocycles. The van der Waals surface area contributed by atoms with Gasteiger partial charge in [0.15, 0.2) is 0 Å². The minimum Gasteiger partial charge on any atom is -0.355 e. The second kappa shape index (κ2) is 3.13. The van der Waals surface area contributed by atoms with Crippen molar-refractivity contribution in [3.63, 3.8) is 0 Å². The Hall–Kier alpha value is -1.05. The highest BCUT2D eigenvalue weighted by molar-refractivity contribution is 5.80. The fourth-order valence-electron chi connectivity index (χ4n) is 1.82. The first-order valence-corrected chi connectivity index (χ1v) is 4.50. The van der Waals surface area contributed by atoms with Gasteiger partial charge in [0.25, 0.3) is 0 Å². The van der Waals surface area contributed by atoms with Crippen molar-refractivity contribution in [2.24, 2.45) is 0 Å². The first-order valence-electron chi connectivity index (χ1n) is 4.50. The van der Waals surface area contributed by atoms with Gasteiger partial charge in [0, 0.05) is 6.54 Å². The summed E-state index contributed by atoms with van der Waals surface area (Å²) < 4.78 is 0. The van der Waals surface area contributed by atoms with Gasteiger partial charge < -0.3 is 5.32 Å². The molecule has 2 nitrogen and oxygen atoms in total. The number of carbonyl (C=O) groups is 1. The standard InChI is InChI=1S/C10H13NO/c12-10-7-9-4-2-1-3-8(9)5-6-11-10/h2,4H,1,3,5-7H2,(H,11,12). The summed E-state index contributed by atoms with van der Waals surface area (Å²) in [5.74, 6) is 0.173. The maximum atomic E-state index is 11.2. The Morgan fingerprint density at radius 2 is 2.25 bits per heavy atom. The van der Waals surface area contributed by atoms with Gasteiger partial charge in [-0.25, -0.2) is 0 Å². The molecule has 1 aliphatic heterocycles. The Kier molecular flexibility index (Phi) is 1.98. The van der Waals surface area contributed by atoms with Crippen molar-refractivity contribution in [2.45, 2.75) is 25.7 Å². The van der Waals surface area contributed by atoms with Crippen LogP contribution in [0.1, 0.15) is 25.7 Å². The van der Waals surface area contributed by atoms with E-state index < -0.39 is 0 Å². The summed E-state index contributed by atoms with van der Waals surface area (Å²) in [6, 6.07) is 0. The van der Waals surface area contributed by atoms with E-state index in [9.17, 15) is 4.79 Å². The van der Waals surface area contributed by atoms with Crippen molar-refractivity contribution in [3.05, 3.63) is 23.3 Å². The Bertz CT molecular complexity index is 263. The molecule has 1 amide bonds. The van der Waals surface area contributed by atoms with E-state index in [2.05, 4.69) is 17.5 Å². The average molecular weight is 163 g/mol. The maximum Gasteiger partial charge on any atom is 0.224 e. The molecule has 1 N–H and O–H groups in total. The molecule has 12 heavy (non-hydrogen) atoms. The highest BCUT2D eigenvalue weighted by Crippen LogP contribution is 2.25. The van der Waals surface area contributed by atoms with Crippen LogP contribution in [0, 0.1) is 0 Å². The van der Waals surface area contributed by atoms with E-state index in [1.807, 2.05) is 0 Å². The van der Waals surface area contributed by atoms with E-state index in [1.165, 1.54) is 11.1 Å². The van der Waals surface area contributed by atoms with Crippen LogP contribution in [0.4, 0.5) is 0 Å². The second-order valence-corrected chi connectivity index (χ2v) is 3.35. The fourth-order valence-corrected chi connectivity index (χ4v) is 1.82. The molecule has 0 aromatic carbocycles.